The van der Waals surface area contributed by atoms with Gasteiger partial charge in [0, 0.05) is 0 Å². The molecule has 22 heavy (non-hydrogen) atoms. The zero-order valence-corrected chi connectivity index (χ0v) is 12.0. The normalized spacial score (nSPS) is 10.5. The fraction of sp³-hybridized carbons (Fsp3) is 0.429. The highest BCUT2D eigenvalue weighted by Gasteiger charge is 2.30. The Bertz CT molecular complexity index is 432. The molecule has 0 bridgehead atoms. The van der Waals surface area contributed by atoms with Gasteiger partial charge in [-0.3, -0.25) is 0 Å². The first kappa shape index (κ1) is 18.1. The zero-order valence-electron chi connectivity index (χ0n) is 12.0. The van der Waals surface area contributed by atoms with Gasteiger partial charge in [0.1, 0.15) is 0 Å². The third kappa shape index (κ3) is 6.64. The maximum absolute atomic E-state index is 12.0. The number of nitrogens with one attached hydrogen (secondary N) is 2. The highest BCUT2D eigenvalue weighted by molar-refractivity contribution is 5.95. The molecule has 0 atom stereocenters. The van der Waals surface area contributed by atoms with Gasteiger partial charge in [-0.2, -0.15) is 11.0 Å². The van der Waals surface area contributed by atoms with Crippen LogP contribution in [-0.2, 0) is 25.7 Å². The Morgan fingerprint density at radius 1 is 0.955 bits per heavy atom. The van der Waals surface area contributed by atoms with Gasteiger partial charge < -0.3 is 19.9 Å². The van der Waals surface area contributed by atoms with Gasteiger partial charge in [-0.05, 0) is 12.0 Å². The Balaban J connectivity index is 2.66. The van der Waals surface area contributed by atoms with E-state index in [1.54, 1.807) is 24.3 Å². The number of carbonyl (C=O) groups excluding carboxylic acids is 2. The molecule has 0 aromatic heterocycles. The van der Waals surface area contributed by atoms with Crippen LogP contribution in [0.3, 0.4) is 0 Å². The zero-order chi connectivity index (χ0) is 16.2. The lowest BCUT2D eigenvalue weighted by molar-refractivity contribution is -0.170. The van der Waals surface area contributed by atoms with Crippen molar-refractivity contribution in [3.05, 3.63) is 35.9 Å². The second-order valence-electron chi connectivity index (χ2n) is 4.32. The molecule has 0 aliphatic carbocycles. The number of hydroxylamine groups is 2. The van der Waals surface area contributed by atoms with Crippen LogP contribution in [-0.4, -0.2) is 48.5 Å². The summed E-state index contributed by atoms with van der Waals surface area (Å²) in [6, 6.07) is 8.95. The maximum Gasteiger partial charge on any atom is 0.339 e. The topological polar surface area (TPSA) is 117 Å². The van der Waals surface area contributed by atoms with Gasteiger partial charge in [0.15, 0.2) is 5.92 Å². The van der Waals surface area contributed by atoms with Crippen LogP contribution in [0.4, 0.5) is 0 Å². The highest BCUT2D eigenvalue weighted by Crippen LogP contribution is 2.12. The molecule has 0 heterocycles. The van der Waals surface area contributed by atoms with E-state index in [-0.39, 0.29) is 32.7 Å². The van der Waals surface area contributed by atoms with Crippen LogP contribution < -0.4 is 11.0 Å². The molecule has 0 saturated heterocycles. The predicted octanol–water partition coefficient (Wildman–Crippen LogP) is -1.07. The quantitative estimate of drug-likeness (QED) is 0.245. The summed E-state index contributed by atoms with van der Waals surface area (Å²) in [4.78, 5) is 33.3. The van der Waals surface area contributed by atoms with E-state index in [2.05, 4.69) is 11.0 Å². The smallest absolute Gasteiger partial charge is 0.339 e. The highest BCUT2D eigenvalue weighted by atomic mass is 16.7. The average Bonchev–Trinajstić information content (AvgIpc) is 2.54. The molecule has 1 aromatic rings. The minimum atomic E-state index is -1.17. The Morgan fingerprint density at radius 2 is 1.45 bits per heavy atom. The van der Waals surface area contributed by atoms with E-state index in [1.165, 1.54) is 0 Å². The third-order valence-electron chi connectivity index (χ3n) is 2.62. The summed E-state index contributed by atoms with van der Waals surface area (Å²) in [6.07, 6.45) is 0.111. The lowest BCUT2D eigenvalue weighted by atomic mass is 10.00. The van der Waals surface area contributed by atoms with Crippen LogP contribution in [0.25, 0.3) is 0 Å². The molecule has 0 spiro atoms. The number of carbonyl (C=O) groups is 2. The summed E-state index contributed by atoms with van der Waals surface area (Å²) >= 11 is 0. The van der Waals surface area contributed by atoms with Crippen molar-refractivity contribution in [3.63, 3.8) is 0 Å². The molecule has 122 valence electrons. The van der Waals surface area contributed by atoms with Gasteiger partial charge in [-0.25, -0.2) is 9.59 Å². The van der Waals surface area contributed by atoms with Gasteiger partial charge in [0.2, 0.25) is 0 Å². The number of benzene rings is 1. The minimum absolute atomic E-state index is 0.0571. The second kappa shape index (κ2) is 10.7. The van der Waals surface area contributed by atoms with Crippen molar-refractivity contribution in [2.75, 3.05) is 26.3 Å². The van der Waals surface area contributed by atoms with E-state index in [4.69, 9.17) is 19.9 Å². The minimum Gasteiger partial charge on any atom is -0.395 e. The molecule has 0 amide bonds. The summed E-state index contributed by atoms with van der Waals surface area (Å²) in [5.41, 5.74) is 5.28. The van der Waals surface area contributed by atoms with Crippen molar-refractivity contribution in [1.82, 2.24) is 11.0 Å². The summed E-state index contributed by atoms with van der Waals surface area (Å²) in [5, 5.41) is 17.3. The molecule has 0 unspecified atom stereocenters. The van der Waals surface area contributed by atoms with E-state index >= 15 is 0 Å². The van der Waals surface area contributed by atoms with Gasteiger partial charge in [0.05, 0.1) is 26.3 Å². The largest absolute Gasteiger partial charge is 0.395 e. The first-order valence-corrected chi connectivity index (χ1v) is 6.81. The van der Waals surface area contributed by atoms with Gasteiger partial charge in [-0.1, -0.05) is 30.3 Å². The van der Waals surface area contributed by atoms with E-state index < -0.39 is 17.9 Å². The van der Waals surface area contributed by atoms with Crippen LogP contribution >= 0.6 is 0 Å². The summed E-state index contributed by atoms with van der Waals surface area (Å²) in [6.45, 7) is -0.304. The van der Waals surface area contributed by atoms with Crippen LogP contribution in [0.15, 0.2) is 30.3 Å². The molecule has 0 aliphatic rings. The Kier molecular flexibility index (Phi) is 8.77. The van der Waals surface area contributed by atoms with Crippen molar-refractivity contribution in [2.45, 2.75) is 6.42 Å². The van der Waals surface area contributed by atoms with Crippen molar-refractivity contribution in [1.29, 1.82) is 0 Å². The van der Waals surface area contributed by atoms with Gasteiger partial charge in [0.25, 0.3) is 0 Å². The Morgan fingerprint density at radius 3 is 1.91 bits per heavy atom. The van der Waals surface area contributed by atoms with E-state index in [0.717, 1.165) is 5.56 Å². The van der Waals surface area contributed by atoms with E-state index in [9.17, 15) is 9.59 Å². The molecule has 4 N–H and O–H groups in total. The summed E-state index contributed by atoms with van der Waals surface area (Å²) in [5.74, 6) is -2.79. The van der Waals surface area contributed by atoms with E-state index in [0.29, 0.717) is 0 Å². The lowest BCUT2D eigenvalue weighted by Crippen LogP contribution is -2.37. The molecule has 0 aliphatic heterocycles. The Hall–Kier alpha value is -2.00. The van der Waals surface area contributed by atoms with Crippen molar-refractivity contribution < 1.29 is 29.5 Å². The Labute approximate surface area is 127 Å². The molecule has 0 radical (unpaired) electrons. The lowest BCUT2D eigenvalue weighted by Gasteiger charge is -2.15. The van der Waals surface area contributed by atoms with Crippen LogP contribution in [0.1, 0.15) is 5.56 Å². The second-order valence-corrected chi connectivity index (χ2v) is 4.32. The van der Waals surface area contributed by atoms with Gasteiger partial charge >= 0.3 is 11.9 Å². The van der Waals surface area contributed by atoms with Crippen LogP contribution in [0.2, 0.25) is 0 Å². The third-order valence-corrected chi connectivity index (χ3v) is 2.62. The molecular weight excluding hydrogens is 292 g/mol. The first-order valence-electron chi connectivity index (χ1n) is 6.81. The molecule has 8 heteroatoms. The van der Waals surface area contributed by atoms with Crippen molar-refractivity contribution >= 4 is 11.9 Å². The number of hydrogen-bond donors (Lipinski definition) is 4. The molecule has 1 rings (SSSR count). The van der Waals surface area contributed by atoms with Crippen LogP contribution in [0, 0.1) is 5.92 Å². The average molecular weight is 312 g/mol. The summed E-state index contributed by atoms with van der Waals surface area (Å²) in [7, 11) is 0. The van der Waals surface area contributed by atoms with E-state index in [1.807, 2.05) is 6.07 Å². The predicted molar refractivity (Wildman–Crippen MR) is 76.0 cm³/mol. The number of aliphatic hydroxyl groups is 2. The van der Waals surface area contributed by atoms with Gasteiger partial charge in [-0.15, -0.1) is 0 Å². The standard InChI is InChI=1S/C14H20N2O6/c17-8-6-15-21-13(19)12(14(20)22-16-7-9-18)10-11-4-2-1-3-5-11/h1-5,12,15-18H,6-10H2. The molecule has 1 aromatic carbocycles. The molecule has 0 fully saturated rings. The van der Waals surface area contributed by atoms with Crippen LogP contribution in [0.5, 0.6) is 0 Å². The number of hydrogen-bond acceptors (Lipinski definition) is 8. The molecule has 8 nitrogen and oxygen atoms in total. The molecule has 0 saturated carbocycles. The number of rotatable bonds is 10. The molecular formula is C14H20N2O6. The maximum atomic E-state index is 12.0. The fourth-order valence-electron chi connectivity index (χ4n) is 1.59. The SMILES string of the molecule is O=C(ONCCO)C(Cc1ccccc1)C(=O)ONCCO. The monoisotopic (exact) mass is 312 g/mol. The number of aliphatic hydroxyl groups excluding tert-OH is 2. The summed E-state index contributed by atoms with van der Waals surface area (Å²) < 4.78 is 0. The van der Waals surface area contributed by atoms with Crippen molar-refractivity contribution in [3.8, 4) is 0 Å². The fourth-order valence-corrected chi connectivity index (χ4v) is 1.59. The van der Waals surface area contributed by atoms with Crippen molar-refractivity contribution in [2.24, 2.45) is 5.92 Å². The first-order chi connectivity index (χ1) is 10.7.